The first-order valence-electron chi connectivity index (χ1n) is 10.9. The van der Waals surface area contributed by atoms with E-state index in [1.807, 2.05) is 4.90 Å². The van der Waals surface area contributed by atoms with Gasteiger partial charge in [-0.15, -0.1) is 0 Å². The van der Waals surface area contributed by atoms with Gasteiger partial charge in [-0.2, -0.15) is 5.10 Å². The van der Waals surface area contributed by atoms with Gasteiger partial charge >= 0.3 is 0 Å². The van der Waals surface area contributed by atoms with Crippen LogP contribution in [-0.4, -0.2) is 51.7 Å². The van der Waals surface area contributed by atoms with E-state index in [1.54, 1.807) is 0 Å². The lowest BCUT2D eigenvalue weighted by atomic mass is 10.1. The van der Waals surface area contributed by atoms with Crippen molar-refractivity contribution >= 4 is 5.91 Å². The van der Waals surface area contributed by atoms with Gasteiger partial charge in [-0.05, 0) is 49.8 Å². The molecule has 1 amide bonds. The maximum atomic E-state index is 12.8. The first-order chi connectivity index (χ1) is 13.8. The average molecular weight is 397 g/mol. The largest absolute Gasteiger partial charge is 0.340 e. The van der Waals surface area contributed by atoms with Gasteiger partial charge in [-0.1, -0.05) is 38.1 Å². The van der Waals surface area contributed by atoms with Crippen LogP contribution in [0.5, 0.6) is 0 Å². The van der Waals surface area contributed by atoms with Crippen LogP contribution in [0, 0.1) is 26.7 Å². The fourth-order valence-electron chi connectivity index (χ4n) is 4.19. The Labute approximate surface area is 175 Å². The van der Waals surface area contributed by atoms with Gasteiger partial charge < -0.3 is 4.90 Å². The number of hydrogen-bond donors (Lipinski definition) is 0. The summed E-state index contributed by atoms with van der Waals surface area (Å²) in [5.74, 6) is 0.842. The lowest BCUT2D eigenvalue weighted by molar-refractivity contribution is -0.133. The third-order valence-electron chi connectivity index (χ3n) is 6.04. The molecule has 0 aliphatic carbocycles. The van der Waals surface area contributed by atoms with Crippen LogP contribution in [0.25, 0.3) is 0 Å². The van der Waals surface area contributed by atoms with Crippen molar-refractivity contribution in [2.75, 3.05) is 26.2 Å². The van der Waals surface area contributed by atoms with Gasteiger partial charge in [0.2, 0.25) is 5.91 Å². The van der Waals surface area contributed by atoms with E-state index in [1.165, 1.54) is 22.4 Å². The summed E-state index contributed by atoms with van der Waals surface area (Å²) in [6, 6.07) is 8.57. The highest BCUT2D eigenvalue weighted by atomic mass is 16.2. The minimum absolute atomic E-state index is 0.274. The summed E-state index contributed by atoms with van der Waals surface area (Å²) in [5.41, 5.74) is 6.26. The van der Waals surface area contributed by atoms with Crippen molar-refractivity contribution in [1.82, 2.24) is 19.6 Å². The molecule has 2 aromatic rings. The predicted molar refractivity (Wildman–Crippen MR) is 118 cm³/mol. The maximum absolute atomic E-state index is 12.8. The molecule has 0 bridgehead atoms. The van der Waals surface area contributed by atoms with Crippen molar-refractivity contribution in [3.05, 3.63) is 52.3 Å². The Balaban J connectivity index is 1.49. The van der Waals surface area contributed by atoms with E-state index in [0.29, 0.717) is 12.3 Å². The van der Waals surface area contributed by atoms with E-state index >= 15 is 0 Å². The van der Waals surface area contributed by atoms with Gasteiger partial charge in [-0.3, -0.25) is 14.4 Å². The fourth-order valence-corrected chi connectivity index (χ4v) is 4.19. The monoisotopic (exact) mass is 396 g/mol. The minimum Gasteiger partial charge on any atom is -0.340 e. The Morgan fingerprint density at radius 1 is 1.07 bits per heavy atom. The Hall–Kier alpha value is -2.14. The Morgan fingerprint density at radius 3 is 2.41 bits per heavy atom. The summed E-state index contributed by atoms with van der Waals surface area (Å²) in [7, 11) is 0. The molecule has 3 rings (SSSR count). The molecule has 1 fully saturated rings. The van der Waals surface area contributed by atoms with E-state index in [4.69, 9.17) is 0 Å². The average Bonchev–Trinajstić information content (AvgIpc) is 2.94. The molecule has 5 heteroatoms. The number of benzene rings is 1. The molecular weight excluding hydrogens is 360 g/mol. The molecule has 1 aromatic carbocycles. The van der Waals surface area contributed by atoms with Gasteiger partial charge in [0, 0.05) is 51.4 Å². The van der Waals surface area contributed by atoms with Crippen molar-refractivity contribution < 1.29 is 4.79 Å². The van der Waals surface area contributed by atoms with E-state index < -0.39 is 0 Å². The summed E-state index contributed by atoms with van der Waals surface area (Å²) < 4.78 is 2.10. The van der Waals surface area contributed by atoms with Gasteiger partial charge in [0.05, 0.1) is 5.69 Å². The second-order valence-electron chi connectivity index (χ2n) is 8.81. The van der Waals surface area contributed by atoms with Crippen LogP contribution in [0.2, 0.25) is 0 Å². The molecule has 158 valence electrons. The summed E-state index contributed by atoms with van der Waals surface area (Å²) in [4.78, 5) is 17.3. The summed E-state index contributed by atoms with van der Waals surface area (Å²) in [6.45, 7) is 16.2. The molecule has 0 atom stereocenters. The van der Waals surface area contributed by atoms with Crippen LogP contribution in [0.4, 0.5) is 0 Å². The summed E-state index contributed by atoms with van der Waals surface area (Å²) >= 11 is 0. The topological polar surface area (TPSA) is 41.4 Å². The van der Waals surface area contributed by atoms with Crippen LogP contribution in [0.3, 0.4) is 0 Å². The second-order valence-corrected chi connectivity index (χ2v) is 8.81. The predicted octanol–water partition coefficient (Wildman–Crippen LogP) is 3.74. The molecule has 0 unspecified atom stereocenters. The van der Waals surface area contributed by atoms with Gasteiger partial charge in [0.1, 0.15) is 0 Å². The van der Waals surface area contributed by atoms with Crippen LogP contribution in [0.1, 0.15) is 48.3 Å². The molecule has 1 saturated heterocycles. The van der Waals surface area contributed by atoms with Crippen molar-refractivity contribution in [2.24, 2.45) is 5.92 Å². The van der Waals surface area contributed by atoms with Crippen molar-refractivity contribution in [1.29, 1.82) is 0 Å². The molecular formula is C24H36N4O. The fraction of sp³-hybridized carbons (Fsp3) is 0.583. The molecule has 1 aliphatic rings. The van der Waals surface area contributed by atoms with Gasteiger partial charge in [0.15, 0.2) is 0 Å². The zero-order valence-electron chi connectivity index (χ0n) is 18.7. The number of carbonyl (C=O) groups excluding carboxylic acids is 1. The first-order valence-corrected chi connectivity index (χ1v) is 10.9. The number of aryl methyl sites for hydroxylation is 2. The molecule has 1 aromatic heterocycles. The number of carbonyl (C=O) groups is 1. The molecule has 5 nitrogen and oxygen atoms in total. The highest BCUT2D eigenvalue weighted by molar-refractivity contribution is 5.76. The van der Waals surface area contributed by atoms with Crippen molar-refractivity contribution in [3.63, 3.8) is 0 Å². The molecule has 0 N–H and O–H groups in total. The normalized spacial score (nSPS) is 15.3. The zero-order chi connectivity index (χ0) is 21.0. The minimum atomic E-state index is 0.274. The van der Waals surface area contributed by atoms with Crippen LogP contribution < -0.4 is 0 Å². The Morgan fingerprint density at radius 2 is 1.76 bits per heavy atom. The Bertz CT molecular complexity index is 831. The smallest absolute Gasteiger partial charge is 0.222 e. The summed E-state index contributed by atoms with van der Waals surface area (Å²) in [5, 5.41) is 4.68. The lowest BCUT2D eigenvalue weighted by Crippen LogP contribution is -2.48. The Kier molecular flexibility index (Phi) is 7.12. The SMILES string of the molecule is Cc1ccccc1CN1CCN(C(=O)CCc2c(C)nn(CC(C)C)c2C)CC1. The van der Waals surface area contributed by atoms with Crippen LogP contribution in [0.15, 0.2) is 24.3 Å². The van der Waals surface area contributed by atoms with Crippen LogP contribution >= 0.6 is 0 Å². The molecule has 29 heavy (non-hydrogen) atoms. The lowest BCUT2D eigenvalue weighted by Gasteiger charge is -2.35. The van der Waals surface area contributed by atoms with E-state index in [-0.39, 0.29) is 5.91 Å². The maximum Gasteiger partial charge on any atom is 0.222 e. The van der Waals surface area contributed by atoms with Gasteiger partial charge in [0.25, 0.3) is 0 Å². The number of nitrogens with zero attached hydrogens (tertiary/aromatic N) is 4. The van der Waals surface area contributed by atoms with E-state index in [0.717, 1.165) is 51.4 Å². The van der Waals surface area contributed by atoms with E-state index in [2.05, 4.69) is 73.6 Å². The van der Waals surface area contributed by atoms with E-state index in [9.17, 15) is 4.79 Å². The molecule has 0 radical (unpaired) electrons. The van der Waals surface area contributed by atoms with Crippen molar-refractivity contribution in [3.8, 4) is 0 Å². The second kappa shape index (κ2) is 9.57. The standard InChI is InChI=1S/C24H36N4O/c1-18(2)16-28-21(5)23(20(4)25-28)10-11-24(29)27-14-12-26(13-15-27)17-22-9-7-6-8-19(22)3/h6-9,18H,10-17H2,1-5H3. The molecule has 0 spiro atoms. The number of hydrogen-bond acceptors (Lipinski definition) is 3. The number of aromatic nitrogens is 2. The quantitative estimate of drug-likeness (QED) is 0.716. The molecule has 1 aliphatic heterocycles. The number of rotatable bonds is 7. The first kappa shape index (κ1) is 21.6. The molecule has 2 heterocycles. The molecule has 0 saturated carbocycles. The highest BCUT2D eigenvalue weighted by Gasteiger charge is 2.22. The summed E-state index contributed by atoms with van der Waals surface area (Å²) in [6.07, 6.45) is 1.37. The van der Waals surface area contributed by atoms with Crippen LogP contribution in [-0.2, 0) is 24.3 Å². The third kappa shape index (κ3) is 5.47. The van der Waals surface area contributed by atoms with Gasteiger partial charge in [-0.25, -0.2) is 0 Å². The number of amides is 1. The highest BCUT2D eigenvalue weighted by Crippen LogP contribution is 2.18. The van der Waals surface area contributed by atoms with Crippen molar-refractivity contribution in [2.45, 2.75) is 60.5 Å². The number of piperazine rings is 1. The zero-order valence-corrected chi connectivity index (χ0v) is 18.7. The third-order valence-corrected chi connectivity index (χ3v) is 6.04.